The molecule has 0 radical (unpaired) electrons. The Kier molecular flexibility index (Phi) is 3.20. The Morgan fingerprint density at radius 3 is 3.00 bits per heavy atom. The Morgan fingerprint density at radius 2 is 2.11 bits per heavy atom. The molecule has 0 fully saturated rings. The van der Waals surface area contributed by atoms with Crippen molar-refractivity contribution in [2.75, 3.05) is 6.54 Å². The Morgan fingerprint density at radius 1 is 1.16 bits per heavy atom. The van der Waals surface area contributed by atoms with Crippen LogP contribution in [0.3, 0.4) is 0 Å². The maximum absolute atomic E-state index is 5.53. The number of fused-ring (bicyclic) bond motifs is 1. The summed E-state index contributed by atoms with van der Waals surface area (Å²) in [5.74, 6) is 0. The van der Waals surface area contributed by atoms with E-state index >= 15 is 0 Å². The van der Waals surface area contributed by atoms with Crippen LogP contribution in [0.2, 0.25) is 0 Å². The molecule has 0 saturated carbocycles. The van der Waals surface area contributed by atoms with Crippen molar-refractivity contribution in [2.24, 2.45) is 5.73 Å². The molecule has 2 N–H and O–H groups in total. The molecule has 0 unspecified atom stereocenters. The Bertz CT molecular complexity index is 689. The molecule has 3 heterocycles. The van der Waals surface area contributed by atoms with E-state index in [-0.39, 0.29) is 0 Å². The fourth-order valence-corrected chi connectivity index (χ4v) is 2.08. The van der Waals surface area contributed by atoms with Crippen molar-refractivity contribution < 1.29 is 0 Å². The smallest absolute Gasteiger partial charge is 0.154 e. The molecule has 3 aromatic rings. The second-order valence-corrected chi connectivity index (χ2v) is 4.37. The second-order valence-electron chi connectivity index (χ2n) is 4.37. The Hall–Kier alpha value is -2.27. The first-order valence-corrected chi connectivity index (χ1v) is 6.32. The summed E-state index contributed by atoms with van der Waals surface area (Å²) in [6.45, 7) is 0.684. The maximum Gasteiger partial charge on any atom is 0.154 e. The molecular weight excluding hydrogens is 238 g/mol. The number of hydrogen-bond acceptors (Lipinski definition) is 4. The third-order valence-electron chi connectivity index (χ3n) is 3.03. The summed E-state index contributed by atoms with van der Waals surface area (Å²) in [5, 5.41) is 4.32. The van der Waals surface area contributed by atoms with Crippen LogP contribution in [-0.4, -0.2) is 26.1 Å². The van der Waals surface area contributed by atoms with Gasteiger partial charge in [0.1, 0.15) is 0 Å². The van der Waals surface area contributed by atoms with E-state index in [0.717, 1.165) is 35.4 Å². The van der Waals surface area contributed by atoms with Crippen molar-refractivity contribution in [2.45, 2.75) is 12.8 Å². The SMILES string of the molecule is NCCCc1cc(-c2cnc3cccnn23)ccn1. The van der Waals surface area contributed by atoms with E-state index in [1.54, 1.807) is 6.20 Å². The van der Waals surface area contributed by atoms with Crippen LogP contribution in [0.1, 0.15) is 12.1 Å². The van der Waals surface area contributed by atoms with Crippen LogP contribution >= 0.6 is 0 Å². The topological polar surface area (TPSA) is 69.1 Å². The van der Waals surface area contributed by atoms with Crippen LogP contribution in [0.4, 0.5) is 0 Å². The predicted octanol–water partition coefficient (Wildman–Crippen LogP) is 1.68. The van der Waals surface area contributed by atoms with Gasteiger partial charge in [0.15, 0.2) is 5.65 Å². The highest BCUT2D eigenvalue weighted by Crippen LogP contribution is 2.20. The van der Waals surface area contributed by atoms with Gasteiger partial charge in [0, 0.05) is 23.7 Å². The summed E-state index contributed by atoms with van der Waals surface area (Å²) >= 11 is 0. The van der Waals surface area contributed by atoms with Gasteiger partial charge >= 0.3 is 0 Å². The number of rotatable bonds is 4. The van der Waals surface area contributed by atoms with Crippen LogP contribution in [0.25, 0.3) is 16.9 Å². The van der Waals surface area contributed by atoms with Crippen molar-refractivity contribution in [3.05, 3.63) is 48.5 Å². The van der Waals surface area contributed by atoms with E-state index in [1.165, 1.54) is 0 Å². The van der Waals surface area contributed by atoms with E-state index in [4.69, 9.17) is 5.73 Å². The first-order valence-electron chi connectivity index (χ1n) is 6.32. The lowest BCUT2D eigenvalue weighted by molar-refractivity contribution is 0.810. The van der Waals surface area contributed by atoms with E-state index < -0.39 is 0 Å². The van der Waals surface area contributed by atoms with Gasteiger partial charge in [-0.3, -0.25) is 4.98 Å². The molecule has 0 aliphatic carbocycles. The molecule has 0 atom stereocenters. The molecule has 0 aliphatic rings. The Labute approximate surface area is 111 Å². The van der Waals surface area contributed by atoms with Crippen molar-refractivity contribution >= 4 is 5.65 Å². The monoisotopic (exact) mass is 253 g/mol. The number of nitrogens with zero attached hydrogens (tertiary/aromatic N) is 4. The molecule has 96 valence electrons. The van der Waals surface area contributed by atoms with E-state index in [9.17, 15) is 0 Å². The number of aromatic nitrogens is 4. The highest BCUT2D eigenvalue weighted by atomic mass is 15.2. The fourth-order valence-electron chi connectivity index (χ4n) is 2.08. The first kappa shape index (κ1) is 11.8. The van der Waals surface area contributed by atoms with Gasteiger partial charge in [-0.25, -0.2) is 9.50 Å². The molecule has 5 heteroatoms. The quantitative estimate of drug-likeness (QED) is 0.768. The number of hydrogen-bond donors (Lipinski definition) is 1. The summed E-state index contributed by atoms with van der Waals surface area (Å²) in [5.41, 5.74) is 9.48. The minimum atomic E-state index is 0.684. The van der Waals surface area contributed by atoms with Gasteiger partial charge in [-0.15, -0.1) is 0 Å². The summed E-state index contributed by atoms with van der Waals surface area (Å²) in [4.78, 5) is 8.71. The molecule has 19 heavy (non-hydrogen) atoms. The standard InChI is InChI=1S/C14H15N5/c15-6-1-3-12-9-11(5-8-16-12)13-10-17-14-4-2-7-18-19(13)14/h2,4-5,7-10H,1,3,6,15H2. The largest absolute Gasteiger partial charge is 0.330 e. The highest BCUT2D eigenvalue weighted by molar-refractivity contribution is 5.62. The van der Waals surface area contributed by atoms with Gasteiger partial charge in [0.25, 0.3) is 0 Å². The van der Waals surface area contributed by atoms with Crippen LogP contribution in [0, 0.1) is 0 Å². The van der Waals surface area contributed by atoms with Gasteiger partial charge < -0.3 is 5.73 Å². The van der Waals surface area contributed by atoms with Gasteiger partial charge in [0.05, 0.1) is 11.9 Å². The third-order valence-corrected chi connectivity index (χ3v) is 3.03. The summed E-state index contributed by atoms with van der Waals surface area (Å²) < 4.78 is 1.84. The molecule has 0 aliphatic heterocycles. The maximum atomic E-state index is 5.53. The average molecular weight is 253 g/mol. The molecule has 0 bridgehead atoms. The molecule has 0 spiro atoms. The van der Waals surface area contributed by atoms with Crippen molar-refractivity contribution in [1.29, 1.82) is 0 Å². The lowest BCUT2D eigenvalue weighted by atomic mass is 10.1. The number of pyridine rings is 1. The van der Waals surface area contributed by atoms with E-state index in [0.29, 0.717) is 6.54 Å². The number of nitrogens with two attached hydrogens (primary N) is 1. The van der Waals surface area contributed by atoms with Crippen LogP contribution in [-0.2, 0) is 6.42 Å². The molecule has 0 amide bonds. The van der Waals surface area contributed by atoms with Gasteiger partial charge in [0.2, 0.25) is 0 Å². The lowest BCUT2D eigenvalue weighted by Gasteiger charge is -2.03. The molecule has 5 nitrogen and oxygen atoms in total. The van der Waals surface area contributed by atoms with Gasteiger partial charge in [-0.2, -0.15) is 5.10 Å². The van der Waals surface area contributed by atoms with Gasteiger partial charge in [-0.1, -0.05) is 0 Å². The Balaban J connectivity index is 2.01. The first-order chi connectivity index (χ1) is 9.38. The van der Waals surface area contributed by atoms with Crippen LogP contribution in [0.5, 0.6) is 0 Å². The molecular formula is C14H15N5. The molecule has 3 aromatic heterocycles. The summed E-state index contributed by atoms with van der Waals surface area (Å²) in [6, 6.07) is 7.87. The summed E-state index contributed by atoms with van der Waals surface area (Å²) in [7, 11) is 0. The normalized spacial score (nSPS) is 11.0. The average Bonchev–Trinajstić information content (AvgIpc) is 2.89. The van der Waals surface area contributed by atoms with E-state index in [2.05, 4.69) is 21.1 Å². The minimum Gasteiger partial charge on any atom is -0.330 e. The highest BCUT2D eigenvalue weighted by Gasteiger charge is 2.07. The van der Waals surface area contributed by atoms with Crippen LogP contribution in [0.15, 0.2) is 42.9 Å². The van der Waals surface area contributed by atoms with Crippen LogP contribution < -0.4 is 5.73 Å². The molecule has 0 aromatic carbocycles. The number of aryl methyl sites for hydroxylation is 1. The second kappa shape index (κ2) is 5.16. The zero-order chi connectivity index (χ0) is 13.1. The van der Waals surface area contributed by atoms with E-state index in [1.807, 2.05) is 35.1 Å². The zero-order valence-electron chi connectivity index (χ0n) is 10.5. The fraction of sp³-hybridized carbons (Fsp3) is 0.214. The molecule has 3 rings (SSSR count). The minimum absolute atomic E-state index is 0.684. The zero-order valence-corrected chi connectivity index (χ0v) is 10.5. The van der Waals surface area contributed by atoms with Crippen molar-refractivity contribution in [3.63, 3.8) is 0 Å². The number of imidazole rings is 1. The third kappa shape index (κ3) is 2.32. The predicted molar refractivity (Wildman–Crippen MR) is 73.6 cm³/mol. The molecule has 0 saturated heterocycles. The van der Waals surface area contributed by atoms with Crippen molar-refractivity contribution in [1.82, 2.24) is 19.6 Å². The van der Waals surface area contributed by atoms with Gasteiger partial charge in [-0.05, 0) is 43.7 Å². The summed E-state index contributed by atoms with van der Waals surface area (Å²) in [6.07, 6.45) is 7.26. The van der Waals surface area contributed by atoms with Crippen molar-refractivity contribution in [3.8, 4) is 11.3 Å². The lowest BCUT2D eigenvalue weighted by Crippen LogP contribution is -2.01.